The third-order valence-electron chi connectivity index (χ3n) is 2.14. The lowest BCUT2D eigenvalue weighted by molar-refractivity contribution is 0.0951. The zero-order valence-electron chi connectivity index (χ0n) is 8.81. The van der Waals surface area contributed by atoms with Crippen LogP contribution >= 0.6 is 11.3 Å². The SMILES string of the molecule is Nc1cc(F)ccc1C(=O)NCc1nccs1. The van der Waals surface area contributed by atoms with Crippen molar-refractivity contribution in [3.05, 3.63) is 46.2 Å². The highest BCUT2D eigenvalue weighted by Crippen LogP contribution is 2.13. The number of nitrogens with zero attached hydrogens (tertiary/aromatic N) is 1. The summed E-state index contributed by atoms with van der Waals surface area (Å²) >= 11 is 1.45. The summed E-state index contributed by atoms with van der Waals surface area (Å²) in [6.45, 7) is 0.341. The van der Waals surface area contributed by atoms with Gasteiger partial charge in [0.05, 0.1) is 12.1 Å². The zero-order valence-corrected chi connectivity index (χ0v) is 9.63. The van der Waals surface area contributed by atoms with Crippen molar-refractivity contribution in [1.29, 1.82) is 0 Å². The quantitative estimate of drug-likeness (QED) is 0.817. The summed E-state index contributed by atoms with van der Waals surface area (Å²) in [4.78, 5) is 15.8. The van der Waals surface area contributed by atoms with E-state index in [9.17, 15) is 9.18 Å². The molecular formula is C11H10FN3OS. The Morgan fingerprint density at radius 1 is 1.53 bits per heavy atom. The summed E-state index contributed by atoms with van der Waals surface area (Å²) in [7, 11) is 0. The molecule has 0 fully saturated rings. The molecule has 1 heterocycles. The van der Waals surface area contributed by atoms with Crippen LogP contribution in [0.5, 0.6) is 0 Å². The monoisotopic (exact) mass is 251 g/mol. The molecular weight excluding hydrogens is 241 g/mol. The number of halogens is 1. The van der Waals surface area contributed by atoms with E-state index in [-0.39, 0.29) is 17.2 Å². The first kappa shape index (κ1) is 11.5. The first-order chi connectivity index (χ1) is 8.16. The summed E-state index contributed by atoms with van der Waals surface area (Å²) < 4.78 is 12.8. The molecule has 17 heavy (non-hydrogen) atoms. The summed E-state index contributed by atoms with van der Waals surface area (Å²) in [5.41, 5.74) is 5.95. The molecule has 1 amide bonds. The van der Waals surface area contributed by atoms with Crippen molar-refractivity contribution in [3.63, 3.8) is 0 Å². The van der Waals surface area contributed by atoms with Crippen LogP contribution in [0.4, 0.5) is 10.1 Å². The normalized spacial score (nSPS) is 10.2. The zero-order chi connectivity index (χ0) is 12.3. The summed E-state index contributed by atoms with van der Waals surface area (Å²) in [5, 5.41) is 5.30. The minimum Gasteiger partial charge on any atom is -0.398 e. The molecule has 1 aromatic heterocycles. The number of nitrogens with one attached hydrogen (secondary N) is 1. The number of aromatic nitrogens is 1. The van der Waals surface area contributed by atoms with Gasteiger partial charge in [-0.1, -0.05) is 0 Å². The number of carbonyl (C=O) groups is 1. The average molecular weight is 251 g/mol. The van der Waals surface area contributed by atoms with E-state index in [1.807, 2.05) is 5.38 Å². The largest absolute Gasteiger partial charge is 0.398 e. The maximum atomic E-state index is 12.8. The molecule has 0 unspecified atom stereocenters. The van der Waals surface area contributed by atoms with Crippen LogP contribution in [0.25, 0.3) is 0 Å². The minimum absolute atomic E-state index is 0.127. The van der Waals surface area contributed by atoms with Gasteiger partial charge in [0.1, 0.15) is 10.8 Å². The number of hydrogen-bond acceptors (Lipinski definition) is 4. The van der Waals surface area contributed by atoms with E-state index in [1.165, 1.54) is 23.5 Å². The fraction of sp³-hybridized carbons (Fsp3) is 0.0909. The molecule has 0 bridgehead atoms. The van der Waals surface area contributed by atoms with Crippen molar-refractivity contribution in [2.45, 2.75) is 6.54 Å². The second-order valence-electron chi connectivity index (χ2n) is 3.34. The average Bonchev–Trinajstić information content (AvgIpc) is 2.78. The molecule has 0 aliphatic carbocycles. The van der Waals surface area contributed by atoms with Gasteiger partial charge >= 0.3 is 0 Å². The van der Waals surface area contributed by atoms with E-state index in [1.54, 1.807) is 6.20 Å². The van der Waals surface area contributed by atoms with Crippen LogP contribution < -0.4 is 11.1 Å². The van der Waals surface area contributed by atoms with E-state index in [2.05, 4.69) is 10.3 Å². The van der Waals surface area contributed by atoms with Crippen molar-refractivity contribution in [3.8, 4) is 0 Å². The Balaban J connectivity index is 2.04. The van der Waals surface area contributed by atoms with Crippen molar-refractivity contribution in [2.75, 3.05) is 5.73 Å². The standard InChI is InChI=1S/C11H10FN3OS/c12-7-1-2-8(9(13)5-7)11(16)15-6-10-14-3-4-17-10/h1-5H,6,13H2,(H,15,16). The van der Waals surface area contributed by atoms with Crippen LogP contribution in [0.3, 0.4) is 0 Å². The molecule has 1 aromatic carbocycles. The van der Waals surface area contributed by atoms with Crippen LogP contribution in [0.15, 0.2) is 29.8 Å². The van der Waals surface area contributed by atoms with Crippen molar-refractivity contribution in [2.24, 2.45) is 0 Å². The number of hydrogen-bond donors (Lipinski definition) is 2. The van der Waals surface area contributed by atoms with Crippen LogP contribution in [0.1, 0.15) is 15.4 Å². The highest BCUT2D eigenvalue weighted by atomic mass is 32.1. The molecule has 0 atom stereocenters. The van der Waals surface area contributed by atoms with Crippen LogP contribution in [-0.4, -0.2) is 10.9 Å². The smallest absolute Gasteiger partial charge is 0.253 e. The maximum absolute atomic E-state index is 12.8. The van der Waals surface area contributed by atoms with Gasteiger partial charge in [0, 0.05) is 17.3 Å². The number of carbonyl (C=O) groups excluding carboxylic acids is 1. The number of thiazole rings is 1. The summed E-state index contributed by atoms with van der Waals surface area (Å²) in [6.07, 6.45) is 1.67. The van der Waals surface area contributed by atoms with E-state index in [0.717, 1.165) is 11.1 Å². The van der Waals surface area contributed by atoms with Gasteiger partial charge in [-0.25, -0.2) is 9.37 Å². The molecule has 4 nitrogen and oxygen atoms in total. The molecule has 6 heteroatoms. The van der Waals surface area contributed by atoms with E-state index in [4.69, 9.17) is 5.73 Å². The van der Waals surface area contributed by atoms with Gasteiger partial charge in [0.15, 0.2) is 0 Å². The Labute approximate surface area is 101 Å². The van der Waals surface area contributed by atoms with Gasteiger partial charge in [0.25, 0.3) is 5.91 Å². The lowest BCUT2D eigenvalue weighted by atomic mass is 10.1. The molecule has 2 aromatic rings. The van der Waals surface area contributed by atoms with E-state index >= 15 is 0 Å². The molecule has 0 radical (unpaired) electrons. The Morgan fingerprint density at radius 3 is 3.00 bits per heavy atom. The Kier molecular flexibility index (Phi) is 3.34. The highest BCUT2D eigenvalue weighted by molar-refractivity contribution is 7.09. The van der Waals surface area contributed by atoms with Gasteiger partial charge in [-0.05, 0) is 18.2 Å². The Hall–Kier alpha value is -1.95. The topological polar surface area (TPSA) is 68.0 Å². The summed E-state index contributed by atoms with van der Waals surface area (Å²) in [6, 6.07) is 3.69. The van der Waals surface area contributed by atoms with Gasteiger partial charge in [0.2, 0.25) is 0 Å². The van der Waals surface area contributed by atoms with Crippen LogP contribution in [0, 0.1) is 5.82 Å². The molecule has 88 valence electrons. The first-order valence-corrected chi connectivity index (χ1v) is 5.76. The lowest BCUT2D eigenvalue weighted by Crippen LogP contribution is -2.23. The maximum Gasteiger partial charge on any atom is 0.253 e. The van der Waals surface area contributed by atoms with E-state index < -0.39 is 5.82 Å². The van der Waals surface area contributed by atoms with Gasteiger partial charge in [-0.3, -0.25) is 4.79 Å². The molecule has 0 spiro atoms. The fourth-order valence-corrected chi connectivity index (χ4v) is 1.89. The number of nitrogen functional groups attached to an aromatic ring is 1. The fourth-order valence-electron chi connectivity index (χ4n) is 1.33. The van der Waals surface area contributed by atoms with Crippen LogP contribution in [0.2, 0.25) is 0 Å². The van der Waals surface area contributed by atoms with Crippen molar-refractivity contribution < 1.29 is 9.18 Å². The molecule has 2 rings (SSSR count). The lowest BCUT2D eigenvalue weighted by Gasteiger charge is -2.06. The molecule has 0 saturated heterocycles. The van der Waals surface area contributed by atoms with Crippen molar-refractivity contribution in [1.82, 2.24) is 10.3 Å². The first-order valence-electron chi connectivity index (χ1n) is 4.88. The third-order valence-corrected chi connectivity index (χ3v) is 2.92. The number of nitrogens with two attached hydrogens (primary N) is 1. The second-order valence-corrected chi connectivity index (χ2v) is 4.32. The minimum atomic E-state index is -0.459. The third kappa shape index (κ3) is 2.79. The molecule has 0 aliphatic heterocycles. The predicted molar refractivity (Wildman–Crippen MR) is 64.1 cm³/mol. The summed E-state index contributed by atoms with van der Waals surface area (Å²) in [5.74, 6) is -0.795. The predicted octanol–water partition coefficient (Wildman–Crippen LogP) is 1.79. The Morgan fingerprint density at radius 2 is 2.35 bits per heavy atom. The van der Waals surface area contributed by atoms with Crippen LogP contribution in [-0.2, 0) is 6.54 Å². The highest BCUT2D eigenvalue weighted by Gasteiger charge is 2.10. The number of benzene rings is 1. The van der Waals surface area contributed by atoms with Crippen molar-refractivity contribution >= 4 is 22.9 Å². The molecule has 0 aliphatic rings. The Bertz CT molecular complexity index is 528. The van der Waals surface area contributed by atoms with Gasteiger partial charge in [-0.15, -0.1) is 11.3 Å². The number of anilines is 1. The molecule has 3 N–H and O–H groups in total. The second kappa shape index (κ2) is 4.92. The van der Waals surface area contributed by atoms with E-state index in [0.29, 0.717) is 6.54 Å². The molecule has 0 saturated carbocycles. The number of rotatable bonds is 3. The van der Waals surface area contributed by atoms with Gasteiger partial charge < -0.3 is 11.1 Å². The number of amides is 1. The van der Waals surface area contributed by atoms with Gasteiger partial charge in [-0.2, -0.15) is 0 Å².